The summed E-state index contributed by atoms with van der Waals surface area (Å²) in [5.41, 5.74) is 5.95. The fourth-order valence-corrected chi connectivity index (χ4v) is 4.23. The van der Waals surface area contributed by atoms with Gasteiger partial charge in [-0.1, -0.05) is 12.5 Å². The SMILES string of the molecule is COC(CN)CC(=O)Nc1cccc(S(=O)(=O)N2CCCCC2)c1. The highest BCUT2D eigenvalue weighted by atomic mass is 32.2. The zero-order chi connectivity index (χ0) is 17.6. The van der Waals surface area contributed by atoms with Crippen LogP contribution >= 0.6 is 0 Å². The van der Waals surface area contributed by atoms with Crippen molar-refractivity contribution in [3.05, 3.63) is 24.3 Å². The molecule has 1 aliphatic heterocycles. The molecule has 1 heterocycles. The Morgan fingerprint density at radius 2 is 2.04 bits per heavy atom. The number of piperidine rings is 1. The van der Waals surface area contributed by atoms with Crippen LogP contribution in [0.15, 0.2) is 29.2 Å². The van der Waals surface area contributed by atoms with E-state index in [1.165, 1.54) is 17.5 Å². The Kier molecular flexibility index (Phi) is 6.73. The number of nitrogens with one attached hydrogen (secondary N) is 1. The summed E-state index contributed by atoms with van der Waals surface area (Å²) in [6, 6.07) is 6.34. The molecule has 0 aromatic heterocycles. The molecule has 1 saturated heterocycles. The van der Waals surface area contributed by atoms with Crippen LogP contribution < -0.4 is 11.1 Å². The van der Waals surface area contributed by atoms with E-state index in [0.717, 1.165) is 19.3 Å². The molecule has 1 aromatic rings. The number of hydrogen-bond acceptors (Lipinski definition) is 5. The largest absolute Gasteiger partial charge is 0.380 e. The lowest BCUT2D eigenvalue weighted by Gasteiger charge is -2.26. The van der Waals surface area contributed by atoms with Gasteiger partial charge in [-0.25, -0.2) is 8.42 Å². The van der Waals surface area contributed by atoms with Crippen molar-refractivity contribution in [3.63, 3.8) is 0 Å². The van der Waals surface area contributed by atoms with Crippen LogP contribution in [0, 0.1) is 0 Å². The Labute approximate surface area is 143 Å². The summed E-state index contributed by atoms with van der Waals surface area (Å²) in [5.74, 6) is -0.264. The third-order valence-corrected chi connectivity index (χ3v) is 5.97. The molecule has 3 N–H and O–H groups in total. The first-order valence-corrected chi connectivity index (χ1v) is 9.54. The van der Waals surface area contributed by atoms with Gasteiger partial charge in [-0.2, -0.15) is 4.31 Å². The maximum Gasteiger partial charge on any atom is 0.243 e. The monoisotopic (exact) mass is 355 g/mol. The zero-order valence-corrected chi connectivity index (χ0v) is 14.7. The summed E-state index contributed by atoms with van der Waals surface area (Å²) < 4.78 is 31.9. The number of carbonyl (C=O) groups excluding carboxylic acids is 1. The second-order valence-corrected chi connectivity index (χ2v) is 7.78. The van der Waals surface area contributed by atoms with Crippen LogP contribution in [-0.4, -0.2) is 51.5 Å². The summed E-state index contributed by atoms with van der Waals surface area (Å²) >= 11 is 0. The van der Waals surface area contributed by atoms with E-state index in [1.54, 1.807) is 18.2 Å². The van der Waals surface area contributed by atoms with Gasteiger partial charge >= 0.3 is 0 Å². The highest BCUT2D eigenvalue weighted by Crippen LogP contribution is 2.23. The number of methoxy groups -OCH3 is 1. The smallest absolute Gasteiger partial charge is 0.243 e. The maximum atomic E-state index is 12.7. The fourth-order valence-electron chi connectivity index (χ4n) is 2.67. The molecule has 0 radical (unpaired) electrons. The minimum atomic E-state index is -3.52. The Morgan fingerprint density at radius 1 is 1.33 bits per heavy atom. The number of benzene rings is 1. The van der Waals surface area contributed by atoms with Gasteiger partial charge in [0.15, 0.2) is 0 Å². The molecule has 1 fully saturated rings. The Morgan fingerprint density at radius 3 is 2.67 bits per heavy atom. The minimum Gasteiger partial charge on any atom is -0.380 e. The van der Waals surface area contributed by atoms with Crippen LogP contribution in [0.3, 0.4) is 0 Å². The van der Waals surface area contributed by atoms with Crippen molar-refractivity contribution in [2.24, 2.45) is 5.73 Å². The van der Waals surface area contributed by atoms with E-state index in [4.69, 9.17) is 10.5 Å². The molecule has 1 aliphatic rings. The number of sulfonamides is 1. The molecule has 1 aromatic carbocycles. The fraction of sp³-hybridized carbons (Fsp3) is 0.562. The number of rotatable bonds is 7. The van der Waals surface area contributed by atoms with Gasteiger partial charge in [0.25, 0.3) is 0 Å². The minimum absolute atomic E-state index is 0.121. The van der Waals surface area contributed by atoms with Gasteiger partial charge < -0.3 is 15.8 Å². The first-order valence-electron chi connectivity index (χ1n) is 8.10. The molecule has 1 unspecified atom stereocenters. The van der Waals surface area contributed by atoms with Crippen molar-refractivity contribution >= 4 is 21.6 Å². The Balaban J connectivity index is 2.09. The summed E-state index contributed by atoms with van der Waals surface area (Å²) in [4.78, 5) is 12.2. The van der Waals surface area contributed by atoms with Crippen LogP contribution in [0.1, 0.15) is 25.7 Å². The third-order valence-electron chi connectivity index (χ3n) is 4.08. The second-order valence-electron chi connectivity index (χ2n) is 5.84. The average molecular weight is 355 g/mol. The predicted molar refractivity (Wildman–Crippen MR) is 92.1 cm³/mol. The summed E-state index contributed by atoms with van der Waals surface area (Å²) in [6.07, 6.45) is 2.59. The van der Waals surface area contributed by atoms with Crippen molar-refractivity contribution in [2.45, 2.75) is 36.7 Å². The van der Waals surface area contributed by atoms with Crippen molar-refractivity contribution in [1.29, 1.82) is 0 Å². The van der Waals surface area contributed by atoms with E-state index in [1.807, 2.05) is 0 Å². The molecule has 1 atom stereocenters. The summed E-state index contributed by atoms with van der Waals surface area (Å²) in [6.45, 7) is 1.34. The quantitative estimate of drug-likeness (QED) is 0.764. The lowest BCUT2D eigenvalue weighted by atomic mass is 10.2. The van der Waals surface area contributed by atoms with Crippen molar-refractivity contribution in [2.75, 3.05) is 32.1 Å². The van der Waals surface area contributed by atoms with E-state index < -0.39 is 10.0 Å². The van der Waals surface area contributed by atoms with Gasteiger partial charge in [-0.15, -0.1) is 0 Å². The van der Waals surface area contributed by atoms with Gasteiger partial charge in [0.1, 0.15) is 0 Å². The molecule has 24 heavy (non-hydrogen) atoms. The predicted octanol–water partition coefficient (Wildman–Crippen LogP) is 1.16. The van der Waals surface area contributed by atoms with Crippen LogP contribution in [0.2, 0.25) is 0 Å². The third kappa shape index (κ3) is 4.76. The topological polar surface area (TPSA) is 102 Å². The van der Waals surface area contributed by atoms with Crippen LogP contribution in [0.4, 0.5) is 5.69 Å². The first-order chi connectivity index (χ1) is 11.5. The number of amides is 1. The van der Waals surface area contributed by atoms with Crippen LogP contribution in [0.5, 0.6) is 0 Å². The van der Waals surface area contributed by atoms with Gasteiger partial charge in [-0.05, 0) is 31.0 Å². The van der Waals surface area contributed by atoms with E-state index in [0.29, 0.717) is 18.8 Å². The van der Waals surface area contributed by atoms with Crippen molar-refractivity contribution in [3.8, 4) is 0 Å². The molecule has 0 saturated carbocycles. The number of carbonyl (C=O) groups is 1. The lowest BCUT2D eigenvalue weighted by molar-refractivity contribution is -0.118. The number of nitrogens with two attached hydrogens (primary N) is 1. The average Bonchev–Trinajstić information content (AvgIpc) is 2.60. The van der Waals surface area contributed by atoms with Gasteiger partial charge in [-0.3, -0.25) is 4.79 Å². The summed E-state index contributed by atoms with van der Waals surface area (Å²) in [7, 11) is -2.02. The normalized spacial score (nSPS) is 17.4. The van der Waals surface area contributed by atoms with E-state index in [9.17, 15) is 13.2 Å². The van der Waals surface area contributed by atoms with E-state index in [-0.39, 0.29) is 29.9 Å². The summed E-state index contributed by atoms with van der Waals surface area (Å²) in [5, 5.41) is 2.70. The lowest BCUT2D eigenvalue weighted by Crippen LogP contribution is -2.35. The molecule has 134 valence electrons. The van der Waals surface area contributed by atoms with E-state index >= 15 is 0 Å². The molecular formula is C16H25N3O4S. The van der Waals surface area contributed by atoms with Crippen LogP contribution in [-0.2, 0) is 19.6 Å². The molecule has 2 rings (SSSR count). The Bertz CT molecular complexity index is 653. The van der Waals surface area contributed by atoms with Crippen LogP contribution in [0.25, 0.3) is 0 Å². The van der Waals surface area contributed by atoms with Gasteiger partial charge in [0, 0.05) is 32.4 Å². The molecule has 1 amide bonds. The number of ether oxygens (including phenoxy) is 1. The highest BCUT2D eigenvalue weighted by Gasteiger charge is 2.26. The molecule has 7 nitrogen and oxygen atoms in total. The highest BCUT2D eigenvalue weighted by molar-refractivity contribution is 7.89. The maximum absolute atomic E-state index is 12.7. The van der Waals surface area contributed by atoms with E-state index in [2.05, 4.69) is 5.32 Å². The molecule has 8 heteroatoms. The number of nitrogens with zero attached hydrogens (tertiary/aromatic N) is 1. The van der Waals surface area contributed by atoms with Crippen molar-refractivity contribution < 1.29 is 17.9 Å². The Hall–Kier alpha value is -1.48. The van der Waals surface area contributed by atoms with Gasteiger partial charge in [0.05, 0.1) is 17.4 Å². The molecule has 0 spiro atoms. The number of hydrogen-bond donors (Lipinski definition) is 2. The number of anilines is 1. The van der Waals surface area contributed by atoms with Gasteiger partial charge in [0.2, 0.25) is 15.9 Å². The molecule has 0 bridgehead atoms. The molecule has 0 aliphatic carbocycles. The standard InChI is InChI=1S/C16H25N3O4S/c1-23-14(12-17)11-16(20)18-13-6-5-7-15(10-13)24(21,22)19-8-3-2-4-9-19/h5-7,10,14H,2-4,8-9,11-12,17H2,1H3,(H,18,20). The molecular weight excluding hydrogens is 330 g/mol. The zero-order valence-electron chi connectivity index (χ0n) is 13.9. The first kappa shape index (κ1) is 18.9. The second kappa shape index (κ2) is 8.57. The van der Waals surface area contributed by atoms with Crippen molar-refractivity contribution in [1.82, 2.24) is 4.31 Å².